The fourth-order valence-corrected chi connectivity index (χ4v) is 1.65. The number of rotatable bonds is 4. The van der Waals surface area contributed by atoms with Crippen molar-refractivity contribution in [3.05, 3.63) is 0 Å². The van der Waals surface area contributed by atoms with Gasteiger partial charge in [0.25, 0.3) is 0 Å². The van der Waals surface area contributed by atoms with E-state index in [-0.39, 0.29) is 0 Å². The predicted molar refractivity (Wildman–Crippen MR) is 66.2 cm³/mol. The molecule has 0 saturated carbocycles. The summed E-state index contributed by atoms with van der Waals surface area (Å²) >= 11 is 0. The zero-order chi connectivity index (χ0) is 13.8. The van der Waals surface area contributed by atoms with E-state index in [4.69, 9.17) is 4.74 Å². The highest BCUT2D eigenvalue weighted by Crippen LogP contribution is 2.13. The Morgan fingerprint density at radius 2 is 2.00 bits per heavy atom. The maximum Gasteiger partial charge on any atom is 0.408 e. The molecular formula is C12H22N2O4. The van der Waals surface area contributed by atoms with Crippen LogP contribution in [0.2, 0.25) is 0 Å². The smallest absolute Gasteiger partial charge is 0.408 e. The Balaban J connectivity index is 2.49. The van der Waals surface area contributed by atoms with Crippen molar-refractivity contribution in [3.8, 4) is 0 Å². The Labute approximate surface area is 107 Å². The summed E-state index contributed by atoms with van der Waals surface area (Å²) in [4.78, 5) is 23.2. The first kappa shape index (κ1) is 14.8. The van der Waals surface area contributed by atoms with Crippen LogP contribution in [-0.4, -0.2) is 43.9 Å². The van der Waals surface area contributed by atoms with E-state index in [1.165, 1.54) is 7.11 Å². The van der Waals surface area contributed by atoms with Gasteiger partial charge in [0.05, 0.1) is 7.11 Å². The third-order valence-electron chi connectivity index (χ3n) is 2.61. The molecule has 6 nitrogen and oxygen atoms in total. The van der Waals surface area contributed by atoms with E-state index in [0.717, 1.165) is 13.1 Å². The molecule has 1 rings (SSSR count). The second-order valence-electron chi connectivity index (χ2n) is 5.48. The fraction of sp³-hybridized carbons (Fsp3) is 0.833. The number of esters is 1. The van der Waals surface area contributed by atoms with Crippen LogP contribution in [0.3, 0.4) is 0 Å². The van der Waals surface area contributed by atoms with Crippen molar-refractivity contribution in [1.82, 2.24) is 10.6 Å². The zero-order valence-electron chi connectivity index (χ0n) is 11.4. The van der Waals surface area contributed by atoms with Gasteiger partial charge >= 0.3 is 12.1 Å². The van der Waals surface area contributed by atoms with E-state index in [2.05, 4.69) is 15.4 Å². The van der Waals surface area contributed by atoms with Crippen LogP contribution in [0.1, 0.15) is 27.2 Å². The molecule has 0 aromatic rings. The molecule has 0 aliphatic carbocycles. The molecule has 104 valence electrons. The predicted octanol–water partition coefficient (Wildman–Crippen LogP) is 0.662. The summed E-state index contributed by atoms with van der Waals surface area (Å²) in [6.45, 7) is 7.05. The summed E-state index contributed by atoms with van der Waals surface area (Å²) in [5, 5.41) is 5.68. The number of hydrogen-bond acceptors (Lipinski definition) is 5. The molecule has 1 fully saturated rings. The van der Waals surface area contributed by atoms with Gasteiger partial charge in [-0.15, -0.1) is 0 Å². The van der Waals surface area contributed by atoms with Crippen LogP contribution in [0.15, 0.2) is 0 Å². The van der Waals surface area contributed by atoms with Crippen molar-refractivity contribution in [3.63, 3.8) is 0 Å². The number of amides is 1. The van der Waals surface area contributed by atoms with E-state index >= 15 is 0 Å². The Bertz CT molecular complexity index is 308. The van der Waals surface area contributed by atoms with Gasteiger partial charge in [-0.05, 0) is 46.2 Å². The molecule has 0 bridgehead atoms. The molecule has 0 aromatic heterocycles. The molecule has 1 aliphatic rings. The molecular weight excluding hydrogens is 236 g/mol. The van der Waals surface area contributed by atoms with E-state index in [1.807, 2.05) is 0 Å². The summed E-state index contributed by atoms with van der Waals surface area (Å²) in [5.41, 5.74) is -0.581. The molecule has 0 aromatic carbocycles. The summed E-state index contributed by atoms with van der Waals surface area (Å²) in [6, 6.07) is -0.642. The molecule has 6 heteroatoms. The monoisotopic (exact) mass is 258 g/mol. The van der Waals surface area contributed by atoms with Gasteiger partial charge in [0.2, 0.25) is 0 Å². The zero-order valence-corrected chi connectivity index (χ0v) is 11.4. The number of hydrogen-bond donors (Lipinski definition) is 2. The van der Waals surface area contributed by atoms with Gasteiger partial charge in [0, 0.05) is 0 Å². The number of ether oxygens (including phenoxy) is 2. The fourth-order valence-electron chi connectivity index (χ4n) is 1.65. The van der Waals surface area contributed by atoms with E-state index < -0.39 is 23.7 Å². The molecule has 1 saturated heterocycles. The Kier molecular flexibility index (Phi) is 4.95. The van der Waals surface area contributed by atoms with Crippen LogP contribution in [0, 0.1) is 5.92 Å². The van der Waals surface area contributed by atoms with Gasteiger partial charge in [0.15, 0.2) is 0 Å². The molecule has 1 amide bonds. The van der Waals surface area contributed by atoms with E-state index in [1.54, 1.807) is 20.8 Å². The largest absolute Gasteiger partial charge is 0.467 e. The average molecular weight is 258 g/mol. The maximum atomic E-state index is 11.6. The number of methoxy groups -OCH3 is 1. The van der Waals surface area contributed by atoms with Gasteiger partial charge in [0.1, 0.15) is 11.6 Å². The van der Waals surface area contributed by atoms with Crippen LogP contribution < -0.4 is 10.6 Å². The lowest BCUT2D eigenvalue weighted by Gasteiger charge is -2.30. The van der Waals surface area contributed by atoms with Gasteiger partial charge in [-0.2, -0.15) is 0 Å². The van der Waals surface area contributed by atoms with Crippen LogP contribution >= 0.6 is 0 Å². The van der Waals surface area contributed by atoms with Crippen molar-refractivity contribution in [2.75, 3.05) is 20.2 Å². The van der Waals surface area contributed by atoms with Gasteiger partial charge in [-0.25, -0.2) is 9.59 Å². The van der Waals surface area contributed by atoms with Gasteiger partial charge < -0.3 is 20.1 Å². The Morgan fingerprint density at radius 3 is 2.39 bits per heavy atom. The van der Waals surface area contributed by atoms with Gasteiger partial charge in [-0.1, -0.05) is 0 Å². The Morgan fingerprint density at radius 1 is 1.39 bits per heavy atom. The highest BCUT2D eigenvalue weighted by atomic mass is 16.6. The third-order valence-corrected chi connectivity index (χ3v) is 2.61. The number of nitrogens with one attached hydrogen (secondary N) is 2. The number of carbonyl (C=O) groups excluding carboxylic acids is 2. The number of carbonyl (C=O) groups is 2. The minimum Gasteiger partial charge on any atom is -0.467 e. The lowest BCUT2D eigenvalue weighted by atomic mass is 9.94. The van der Waals surface area contributed by atoms with Crippen LogP contribution in [0.4, 0.5) is 4.79 Å². The lowest BCUT2D eigenvalue weighted by Crippen LogP contribution is -2.50. The highest BCUT2D eigenvalue weighted by Gasteiger charge is 2.29. The quantitative estimate of drug-likeness (QED) is 0.724. The standard InChI is InChI=1S/C12H22N2O4/c1-12(2,3)18-11(16)14-9(10(15)17-4)5-8-6-13-7-8/h8-9,13H,5-7H2,1-4H3,(H,14,16). The second kappa shape index (κ2) is 6.04. The first-order valence-corrected chi connectivity index (χ1v) is 6.10. The van der Waals surface area contributed by atoms with Crippen molar-refractivity contribution in [1.29, 1.82) is 0 Å². The summed E-state index contributed by atoms with van der Waals surface area (Å²) < 4.78 is 9.81. The molecule has 0 spiro atoms. The topological polar surface area (TPSA) is 76.7 Å². The molecule has 1 heterocycles. The number of alkyl carbamates (subject to hydrolysis) is 1. The average Bonchev–Trinajstić information content (AvgIpc) is 2.17. The molecule has 0 radical (unpaired) electrons. The summed E-state index contributed by atoms with van der Waals surface area (Å²) in [5.74, 6) is -0.0446. The second-order valence-corrected chi connectivity index (χ2v) is 5.48. The third kappa shape index (κ3) is 4.91. The molecule has 1 atom stereocenters. The minimum absolute atomic E-state index is 0.393. The first-order valence-electron chi connectivity index (χ1n) is 6.10. The lowest BCUT2D eigenvalue weighted by molar-refractivity contribution is -0.143. The van der Waals surface area contributed by atoms with Gasteiger partial charge in [-0.3, -0.25) is 0 Å². The van der Waals surface area contributed by atoms with Crippen molar-refractivity contribution in [2.24, 2.45) is 5.92 Å². The Hall–Kier alpha value is -1.30. The molecule has 18 heavy (non-hydrogen) atoms. The highest BCUT2D eigenvalue weighted by molar-refractivity contribution is 5.81. The molecule has 2 N–H and O–H groups in total. The minimum atomic E-state index is -0.642. The molecule has 1 unspecified atom stereocenters. The van der Waals surface area contributed by atoms with E-state index in [0.29, 0.717) is 12.3 Å². The van der Waals surface area contributed by atoms with Crippen LogP contribution in [-0.2, 0) is 14.3 Å². The SMILES string of the molecule is COC(=O)C(CC1CNC1)NC(=O)OC(C)(C)C. The normalized spacial score (nSPS) is 17.6. The van der Waals surface area contributed by atoms with Crippen LogP contribution in [0.25, 0.3) is 0 Å². The maximum absolute atomic E-state index is 11.6. The van der Waals surface area contributed by atoms with Crippen molar-refractivity contribution >= 4 is 12.1 Å². The summed E-state index contributed by atoms with van der Waals surface area (Å²) in [7, 11) is 1.31. The first-order chi connectivity index (χ1) is 8.31. The van der Waals surface area contributed by atoms with Crippen molar-refractivity contribution < 1.29 is 19.1 Å². The molecule has 1 aliphatic heterocycles. The van der Waals surface area contributed by atoms with E-state index in [9.17, 15) is 9.59 Å². The summed E-state index contributed by atoms with van der Waals surface area (Å²) in [6.07, 6.45) is -0.0241. The van der Waals surface area contributed by atoms with Crippen LogP contribution in [0.5, 0.6) is 0 Å². The van der Waals surface area contributed by atoms with Crippen molar-refractivity contribution in [2.45, 2.75) is 38.8 Å².